The van der Waals surface area contributed by atoms with Crippen molar-refractivity contribution in [2.75, 3.05) is 16.8 Å². The fourth-order valence-electron chi connectivity index (χ4n) is 2.44. The highest BCUT2D eigenvalue weighted by atomic mass is 16.2. The summed E-state index contributed by atoms with van der Waals surface area (Å²) in [5.41, 5.74) is 4.25. The molecule has 1 N–H and O–H groups in total. The molecule has 4 nitrogen and oxygen atoms in total. The van der Waals surface area contributed by atoms with Crippen LogP contribution >= 0.6 is 0 Å². The predicted octanol–water partition coefficient (Wildman–Crippen LogP) is 2.96. The maximum absolute atomic E-state index is 11.9. The molecule has 0 spiro atoms. The molecular formula is C16H13N3O. The summed E-state index contributed by atoms with van der Waals surface area (Å²) in [6.45, 7) is 2.30. The Kier molecular flexibility index (Phi) is 2.88. The molecule has 1 heterocycles. The second-order valence-corrected chi connectivity index (χ2v) is 4.76. The van der Waals surface area contributed by atoms with Crippen LogP contribution < -0.4 is 10.2 Å². The van der Waals surface area contributed by atoms with Gasteiger partial charge in [0.25, 0.3) is 0 Å². The summed E-state index contributed by atoms with van der Waals surface area (Å²) >= 11 is 0. The van der Waals surface area contributed by atoms with Crippen molar-refractivity contribution in [1.29, 1.82) is 5.26 Å². The lowest BCUT2D eigenvalue weighted by Crippen LogP contribution is -2.35. The van der Waals surface area contributed by atoms with Gasteiger partial charge in [0.15, 0.2) is 0 Å². The molecule has 98 valence electrons. The number of aryl methyl sites for hydroxylation is 1. The Morgan fingerprint density at radius 3 is 2.75 bits per heavy atom. The number of hydrogen-bond acceptors (Lipinski definition) is 3. The van der Waals surface area contributed by atoms with Crippen molar-refractivity contribution in [2.24, 2.45) is 0 Å². The van der Waals surface area contributed by atoms with Crippen molar-refractivity contribution < 1.29 is 4.79 Å². The standard InChI is InChI=1S/C16H13N3O/c1-11-4-2-3-5-14(11)19-10-16(20)18-13-8-12(9-17)6-7-15(13)19/h2-8H,10H2,1H3,(H,18,20). The third kappa shape index (κ3) is 1.99. The molecule has 2 aromatic carbocycles. The topological polar surface area (TPSA) is 56.1 Å². The molecule has 0 saturated carbocycles. The van der Waals surface area contributed by atoms with Gasteiger partial charge >= 0.3 is 0 Å². The molecule has 3 rings (SSSR count). The van der Waals surface area contributed by atoms with E-state index in [9.17, 15) is 4.79 Å². The van der Waals surface area contributed by atoms with E-state index in [1.54, 1.807) is 12.1 Å². The van der Waals surface area contributed by atoms with E-state index >= 15 is 0 Å². The number of carbonyl (C=O) groups is 1. The number of fused-ring (bicyclic) bond motifs is 1. The van der Waals surface area contributed by atoms with Gasteiger partial charge in [-0.25, -0.2) is 0 Å². The van der Waals surface area contributed by atoms with Gasteiger partial charge in [0, 0.05) is 5.69 Å². The first-order valence-corrected chi connectivity index (χ1v) is 6.36. The van der Waals surface area contributed by atoms with Gasteiger partial charge in [0.2, 0.25) is 5.91 Å². The highest BCUT2D eigenvalue weighted by molar-refractivity contribution is 6.03. The zero-order valence-electron chi connectivity index (χ0n) is 11.1. The molecular weight excluding hydrogens is 250 g/mol. The van der Waals surface area contributed by atoms with E-state index in [-0.39, 0.29) is 12.5 Å². The van der Waals surface area contributed by atoms with Crippen LogP contribution in [0, 0.1) is 18.3 Å². The molecule has 1 amide bonds. The normalized spacial score (nSPS) is 13.4. The van der Waals surface area contributed by atoms with Crippen molar-refractivity contribution in [1.82, 2.24) is 0 Å². The third-order valence-electron chi connectivity index (χ3n) is 3.40. The Morgan fingerprint density at radius 1 is 1.20 bits per heavy atom. The summed E-state index contributed by atoms with van der Waals surface area (Å²) < 4.78 is 0. The van der Waals surface area contributed by atoms with E-state index in [1.165, 1.54) is 0 Å². The molecule has 1 aliphatic rings. The Labute approximate surface area is 117 Å². The van der Waals surface area contributed by atoms with Gasteiger partial charge in [-0.15, -0.1) is 0 Å². The predicted molar refractivity (Wildman–Crippen MR) is 78.0 cm³/mol. The maximum atomic E-state index is 11.9. The van der Waals surface area contributed by atoms with Crippen molar-refractivity contribution in [3.8, 4) is 6.07 Å². The van der Waals surface area contributed by atoms with E-state index in [2.05, 4.69) is 11.4 Å². The zero-order chi connectivity index (χ0) is 14.1. The lowest BCUT2D eigenvalue weighted by molar-refractivity contribution is -0.115. The van der Waals surface area contributed by atoms with E-state index in [0.717, 1.165) is 16.9 Å². The zero-order valence-corrected chi connectivity index (χ0v) is 11.1. The van der Waals surface area contributed by atoms with E-state index in [0.29, 0.717) is 11.3 Å². The molecule has 0 radical (unpaired) electrons. The second-order valence-electron chi connectivity index (χ2n) is 4.76. The Hall–Kier alpha value is -2.80. The van der Waals surface area contributed by atoms with Gasteiger partial charge in [-0.1, -0.05) is 18.2 Å². The van der Waals surface area contributed by atoms with Gasteiger partial charge in [0.1, 0.15) is 6.54 Å². The summed E-state index contributed by atoms with van der Waals surface area (Å²) in [5.74, 6) is -0.0733. The summed E-state index contributed by atoms with van der Waals surface area (Å²) in [6, 6.07) is 15.4. The minimum absolute atomic E-state index is 0.0733. The van der Waals surface area contributed by atoms with Gasteiger partial charge in [-0.05, 0) is 36.8 Å². The van der Waals surface area contributed by atoms with Crippen LogP contribution in [-0.4, -0.2) is 12.5 Å². The summed E-state index contributed by atoms with van der Waals surface area (Å²) in [5, 5.41) is 11.8. The van der Waals surface area contributed by atoms with Crippen LogP contribution in [0.15, 0.2) is 42.5 Å². The lowest BCUT2D eigenvalue weighted by atomic mass is 10.1. The number of nitrogens with zero attached hydrogens (tertiary/aromatic N) is 2. The SMILES string of the molecule is Cc1ccccc1N1CC(=O)Nc2cc(C#N)ccc21. The highest BCUT2D eigenvalue weighted by Crippen LogP contribution is 2.36. The van der Waals surface area contributed by atoms with Crippen molar-refractivity contribution in [3.63, 3.8) is 0 Å². The van der Waals surface area contributed by atoms with Gasteiger partial charge in [0.05, 0.1) is 23.0 Å². The van der Waals surface area contributed by atoms with Gasteiger partial charge in [-0.3, -0.25) is 4.79 Å². The van der Waals surface area contributed by atoms with Crippen LogP contribution in [0.4, 0.5) is 17.1 Å². The lowest BCUT2D eigenvalue weighted by Gasteiger charge is -2.32. The Balaban J connectivity index is 2.14. The van der Waals surface area contributed by atoms with E-state index < -0.39 is 0 Å². The largest absolute Gasteiger partial charge is 0.330 e. The monoisotopic (exact) mass is 263 g/mol. The molecule has 2 aromatic rings. The molecule has 0 unspecified atom stereocenters. The summed E-state index contributed by atoms with van der Waals surface area (Å²) in [6.07, 6.45) is 0. The number of hydrogen-bond donors (Lipinski definition) is 1. The van der Waals surface area contributed by atoms with Crippen LogP contribution in [-0.2, 0) is 4.79 Å². The first-order valence-electron chi connectivity index (χ1n) is 6.36. The van der Waals surface area contributed by atoms with Crippen molar-refractivity contribution in [2.45, 2.75) is 6.92 Å². The van der Waals surface area contributed by atoms with Crippen LogP contribution in [0.3, 0.4) is 0 Å². The molecule has 0 saturated heterocycles. The van der Waals surface area contributed by atoms with E-state index in [4.69, 9.17) is 5.26 Å². The van der Waals surface area contributed by atoms with Crippen LogP contribution in [0.1, 0.15) is 11.1 Å². The smallest absolute Gasteiger partial charge is 0.244 e. The number of rotatable bonds is 1. The molecule has 0 fully saturated rings. The molecule has 0 bridgehead atoms. The second kappa shape index (κ2) is 4.71. The molecule has 4 heteroatoms. The van der Waals surface area contributed by atoms with Crippen LogP contribution in [0.25, 0.3) is 0 Å². The number of amides is 1. The fourth-order valence-corrected chi connectivity index (χ4v) is 2.44. The number of nitrogens with one attached hydrogen (secondary N) is 1. The first kappa shape index (κ1) is 12.2. The Morgan fingerprint density at radius 2 is 2.00 bits per heavy atom. The number of nitriles is 1. The summed E-state index contributed by atoms with van der Waals surface area (Å²) in [4.78, 5) is 13.9. The molecule has 0 aromatic heterocycles. The molecule has 20 heavy (non-hydrogen) atoms. The summed E-state index contributed by atoms with van der Waals surface area (Å²) in [7, 11) is 0. The quantitative estimate of drug-likeness (QED) is 0.860. The number of para-hydroxylation sites is 1. The number of carbonyl (C=O) groups excluding carboxylic acids is 1. The van der Waals surface area contributed by atoms with E-state index in [1.807, 2.05) is 42.2 Å². The average Bonchev–Trinajstić information content (AvgIpc) is 2.46. The third-order valence-corrected chi connectivity index (χ3v) is 3.40. The number of anilines is 3. The average molecular weight is 263 g/mol. The number of benzene rings is 2. The van der Waals surface area contributed by atoms with Crippen LogP contribution in [0.2, 0.25) is 0 Å². The van der Waals surface area contributed by atoms with Crippen LogP contribution in [0.5, 0.6) is 0 Å². The van der Waals surface area contributed by atoms with Crippen molar-refractivity contribution >= 4 is 23.0 Å². The Bertz CT molecular complexity index is 731. The highest BCUT2D eigenvalue weighted by Gasteiger charge is 2.24. The molecule has 0 atom stereocenters. The van der Waals surface area contributed by atoms with Gasteiger partial charge in [-0.2, -0.15) is 5.26 Å². The fraction of sp³-hybridized carbons (Fsp3) is 0.125. The maximum Gasteiger partial charge on any atom is 0.244 e. The molecule has 1 aliphatic heterocycles. The molecule has 0 aliphatic carbocycles. The minimum Gasteiger partial charge on any atom is -0.330 e. The first-order chi connectivity index (χ1) is 9.69. The minimum atomic E-state index is -0.0733. The van der Waals surface area contributed by atoms with Crippen molar-refractivity contribution in [3.05, 3.63) is 53.6 Å². The van der Waals surface area contributed by atoms with Gasteiger partial charge < -0.3 is 10.2 Å².